The molecule has 0 N–H and O–H groups in total. The predicted octanol–water partition coefficient (Wildman–Crippen LogP) is 10.0. The molecule has 0 aliphatic heterocycles. The second-order valence-electron chi connectivity index (χ2n) is 11.2. The summed E-state index contributed by atoms with van der Waals surface area (Å²) in [6.07, 6.45) is 22.2. The minimum Gasteiger partial charge on any atom is -0.205 e. The summed E-state index contributed by atoms with van der Waals surface area (Å²) in [6, 6.07) is 4.01. The molecule has 4 rings (SSSR count). The highest BCUT2D eigenvalue weighted by Gasteiger charge is 2.33. The zero-order valence-corrected chi connectivity index (χ0v) is 21.2. The maximum Gasteiger partial charge on any atom is 0.145 e. The maximum atomic E-state index is 14.7. The summed E-state index contributed by atoms with van der Waals surface area (Å²) in [5.41, 5.74) is 2.96. The lowest BCUT2D eigenvalue weighted by Crippen LogP contribution is -2.28. The van der Waals surface area contributed by atoms with Crippen LogP contribution in [0.5, 0.6) is 0 Å². The van der Waals surface area contributed by atoms with E-state index in [4.69, 9.17) is 11.6 Å². The van der Waals surface area contributed by atoms with E-state index < -0.39 is 0 Å². The minimum atomic E-state index is -0.198. The lowest BCUT2D eigenvalue weighted by molar-refractivity contribution is 0.121. The van der Waals surface area contributed by atoms with E-state index in [2.05, 4.69) is 26.0 Å². The number of halogens is 2. The van der Waals surface area contributed by atoms with Crippen molar-refractivity contribution in [3.8, 4) is 0 Å². The lowest BCUT2D eigenvalue weighted by Gasteiger charge is -2.40. The Morgan fingerprint density at radius 2 is 1.44 bits per heavy atom. The fourth-order valence-electron chi connectivity index (χ4n) is 7.27. The van der Waals surface area contributed by atoms with Crippen LogP contribution in [0.25, 0.3) is 5.57 Å². The molecule has 0 radical (unpaired) electrons. The summed E-state index contributed by atoms with van der Waals surface area (Å²) in [5.74, 6) is 4.58. The molecule has 0 aromatic heterocycles. The van der Waals surface area contributed by atoms with Gasteiger partial charge in [-0.25, -0.2) is 4.39 Å². The largest absolute Gasteiger partial charge is 0.205 e. The predicted molar refractivity (Wildman–Crippen MR) is 137 cm³/mol. The van der Waals surface area contributed by atoms with Crippen LogP contribution in [0.2, 0.25) is 5.02 Å². The van der Waals surface area contributed by atoms with Gasteiger partial charge in [-0.3, -0.25) is 0 Å². The highest BCUT2D eigenvalue weighted by atomic mass is 35.5. The number of benzene rings is 1. The van der Waals surface area contributed by atoms with Crippen LogP contribution in [0.15, 0.2) is 18.2 Å². The molecule has 0 nitrogen and oxygen atoms in total. The molecule has 0 heterocycles. The van der Waals surface area contributed by atoms with Crippen LogP contribution in [0.3, 0.4) is 0 Å². The summed E-state index contributed by atoms with van der Waals surface area (Å²) < 4.78 is 14.7. The fraction of sp³-hybridized carbons (Fsp3) is 0.733. The number of rotatable bonds is 7. The molecule has 3 aliphatic carbocycles. The molecule has 2 saturated carbocycles. The molecule has 1 unspecified atom stereocenters. The standard InChI is InChI=1S/C30H44ClF/c1-3-5-21-7-9-22(10-8-21)23-11-13-24(14-12-23)25-15-17-26(18-16-25)28-20-19-27(6-4-2)30(32)29(28)31/h17,19-25H,3-16,18H2,1-2H3. The Morgan fingerprint density at radius 3 is 2.00 bits per heavy atom. The Hall–Kier alpha value is -0.820. The third-order valence-corrected chi connectivity index (χ3v) is 9.59. The van der Waals surface area contributed by atoms with Crippen molar-refractivity contribution in [2.24, 2.45) is 29.6 Å². The highest BCUT2D eigenvalue weighted by molar-refractivity contribution is 6.32. The van der Waals surface area contributed by atoms with Gasteiger partial charge >= 0.3 is 0 Å². The average Bonchev–Trinajstić information content (AvgIpc) is 2.83. The Balaban J connectivity index is 1.28. The second kappa shape index (κ2) is 11.5. The monoisotopic (exact) mass is 458 g/mol. The van der Waals surface area contributed by atoms with Crippen molar-refractivity contribution < 1.29 is 4.39 Å². The lowest BCUT2D eigenvalue weighted by atomic mass is 9.65. The van der Waals surface area contributed by atoms with Crippen LogP contribution in [0, 0.1) is 35.4 Å². The van der Waals surface area contributed by atoms with Gasteiger partial charge in [0.15, 0.2) is 0 Å². The van der Waals surface area contributed by atoms with Gasteiger partial charge in [0.25, 0.3) is 0 Å². The molecule has 0 saturated heterocycles. The smallest absolute Gasteiger partial charge is 0.145 e. The van der Waals surface area contributed by atoms with Gasteiger partial charge in [0.2, 0.25) is 0 Å². The van der Waals surface area contributed by atoms with Gasteiger partial charge in [0.1, 0.15) is 5.82 Å². The van der Waals surface area contributed by atoms with Gasteiger partial charge in [0, 0.05) is 0 Å². The molecule has 3 aliphatic rings. The topological polar surface area (TPSA) is 0 Å². The zero-order chi connectivity index (χ0) is 22.5. The fourth-order valence-corrected chi connectivity index (χ4v) is 7.58. The number of hydrogen-bond acceptors (Lipinski definition) is 0. The van der Waals surface area contributed by atoms with Gasteiger partial charge in [-0.05, 0) is 110 Å². The van der Waals surface area contributed by atoms with Gasteiger partial charge < -0.3 is 0 Å². The molecule has 0 spiro atoms. The van der Waals surface area contributed by atoms with Gasteiger partial charge in [0.05, 0.1) is 5.02 Å². The molecule has 0 bridgehead atoms. The normalized spacial score (nSPS) is 31.4. The quantitative estimate of drug-likeness (QED) is 0.381. The van der Waals surface area contributed by atoms with Crippen molar-refractivity contribution in [3.63, 3.8) is 0 Å². The van der Waals surface area contributed by atoms with Crippen molar-refractivity contribution in [1.82, 2.24) is 0 Å². The van der Waals surface area contributed by atoms with E-state index in [0.29, 0.717) is 5.02 Å². The third kappa shape index (κ3) is 5.63. The van der Waals surface area contributed by atoms with Crippen LogP contribution in [-0.2, 0) is 6.42 Å². The number of hydrogen-bond donors (Lipinski definition) is 0. The van der Waals surface area contributed by atoms with E-state index in [1.807, 2.05) is 6.07 Å². The summed E-state index contributed by atoms with van der Waals surface area (Å²) in [4.78, 5) is 0. The summed E-state index contributed by atoms with van der Waals surface area (Å²) >= 11 is 6.45. The zero-order valence-electron chi connectivity index (χ0n) is 20.5. The van der Waals surface area contributed by atoms with Crippen LogP contribution in [0.1, 0.15) is 115 Å². The molecule has 2 heteroatoms. The number of allylic oxidation sites excluding steroid dienone is 2. The highest BCUT2D eigenvalue weighted by Crippen LogP contribution is 2.46. The van der Waals surface area contributed by atoms with Gasteiger partial charge in [-0.1, -0.05) is 75.8 Å². The van der Waals surface area contributed by atoms with Crippen molar-refractivity contribution in [2.45, 2.75) is 110 Å². The van der Waals surface area contributed by atoms with Gasteiger partial charge in [-0.15, -0.1) is 0 Å². The van der Waals surface area contributed by atoms with Crippen LogP contribution in [0.4, 0.5) is 4.39 Å². The molecule has 32 heavy (non-hydrogen) atoms. The first-order chi connectivity index (χ1) is 15.6. The summed E-state index contributed by atoms with van der Waals surface area (Å²) in [5, 5.41) is 0.342. The minimum absolute atomic E-state index is 0.198. The molecule has 0 amide bonds. The molecular weight excluding hydrogens is 415 g/mol. The third-order valence-electron chi connectivity index (χ3n) is 9.22. The summed E-state index contributed by atoms with van der Waals surface area (Å²) in [7, 11) is 0. The molecule has 1 aromatic rings. The molecule has 1 aromatic carbocycles. The van der Waals surface area contributed by atoms with E-state index in [1.165, 1.54) is 76.2 Å². The molecular formula is C30H44ClF. The van der Waals surface area contributed by atoms with Crippen molar-refractivity contribution >= 4 is 17.2 Å². The van der Waals surface area contributed by atoms with E-state index in [1.54, 1.807) is 0 Å². The first-order valence-electron chi connectivity index (χ1n) is 13.8. The van der Waals surface area contributed by atoms with Crippen LogP contribution in [-0.4, -0.2) is 0 Å². The van der Waals surface area contributed by atoms with E-state index in [9.17, 15) is 4.39 Å². The van der Waals surface area contributed by atoms with E-state index in [0.717, 1.165) is 66.4 Å². The van der Waals surface area contributed by atoms with E-state index >= 15 is 0 Å². The Labute approximate surface area is 201 Å². The van der Waals surface area contributed by atoms with Gasteiger partial charge in [-0.2, -0.15) is 0 Å². The van der Waals surface area contributed by atoms with Crippen molar-refractivity contribution in [3.05, 3.63) is 40.2 Å². The molecule has 2 fully saturated rings. The van der Waals surface area contributed by atoms with Crippen molar-refractivity contribution in [2.75, 3.05) is 0 Å². The number of aryl methyl sites for hydroxylation is 1. The Morgan fingerprint density at radius 1 is 0.812 bits per heavy atom. The van der Waals surface area contributed by atoms with Crippen LogP contribution >= 0.6 is 11.6 Å². The van der Waals surface area contributed by atoms with E-state index in [-0.39, 0.29) is 5.82 Å². The molecule has 178 valence electrons. The molecule has 1 atom stereocenters. The summed E-state index contributed by atoms with van der Waals surface area (Å²) in [6.45, 7) is 4.42. The van der Waals surface area contributed by atoms with Crippen LogP contribution < -0.4 is 0 Å². The Bertz CT molecular complexity index is 765. The maximum absolute atomic E-state index is 14.7. The Kier molecular flexibility index (Phi) is 8.77. The first-order valence-corrected chi connectivity index (χ1v) is 14.1. The van der Waals surface area contributed by atoms with Crippen molar-refractivity contribution in [1.29, 1.82) is 0 Å². The first kappa shape index (κ1) is 24.3. The second-order valence-corrected chi connectivity index (χ2v) is 11.5. The SMILES string of the molecule is CCCc1ccc(C2=CCC(C3CCC(C4CCC(CCC)CC4)CC3)CC2)c(Cl)c1F. The average molecular weight is 459 g/mol.